The smallest absolute Gasteiger partial charge is 0.362 e. The monoisotopic (exact) mass is 330 g/mol. The number of aromatic amines is 1. The zero-order valence-electron chi connectivity index (χ0n) is 13.4. The minimum absolute atomic E-state index is 0.0447. The van der Waals surface area contributed by atoms with Crippen LogP contribution < -0.4 is 5.43 Å². The number of oxime groups is 1. The Bertz CT molecular complexity index is 807. The van der Waals surface area contributed by atoms with Gasteiger partial charge in [0.1, 0.15) is 0 Å². The summed E-state index contributed by atoms with van der Waals surface area (Å²) in [6, 6.07) is 7.63. The number of carbonyl (C=O) groups excluding carboxylic acids is 2. The maximum absolute atomic E-state index is 12.0. The fourth-order valence-electron chi connectivity index (χ4n) is 2.15. The van der Waals surface area contributed by atoms with E-state index < -0.39 is 5.97 Å². The molecule has 126 valence electrons. The summed E-state index contributed by atoms with van der Waals surface area (Å²) in [5, 5.41) is 16.5. The fraction of sp³-hybridized carbons (Fsp3) is 0.250. The highest BCUT2D eigenvalue weighted by molar-refractivity contribution is 6.65. The molecule has 0 aliphatic rings. The molecule has 0 aliphatic heterocycles. The number of aromatic nitrogens is 1. The number of hydrazone groups is 1. The van der Waals surface area contributed by atoms with Gasteiger partial charge in [-0.25, -0.2) is 10.2 Å². The molecule has 0 radical (unpaired) electrons. The van der Waals surface area contributed by atoms with Gasteiger partial charge in [0.05, 0.1) is 18.7 Å². The highest BCUT2D eigenvalue weighted by Crippen LogP contribution is 2.17. The average Bonchev–Trinajstić information content (AvgIpc) is 2.97. The number of carbonyl (C=O) groups is 2. The number of rotatable bonds is 6. The molecule has 0 bridgehead atoms. The molecule has 3 N–H and O–H groups in total. The Hall–Kier alpha value is -3.16. The van der Waals surface area contributed by atoms with Crippen LogP contribution in [0.5, 0.6) is 0 Å². The van der Waals surface area contributed by atoms with Crippen molar-refractivity contribution in [3.63, 3.8) is 0 Å². The summed E-state index contributed by atoms with van der Waals surface area (Å²) in [6.07, 6.45) is 1.88. The zero-order valence-corrected chi connectivity index (χ0v) is 13.4. The van der Waals surface area contributed by atoms with Crippen LogP contribution in [0.2, 0.25) is 0 Å². The van der Waals surface area contributed by atoms with Gasteiger partial charge >= 0.3 is 5.97 Å². The van der Waals surface area contributed by atoms with E-state index >= 15 is 0 Å². The number of fused-ring (bicyclic) bond motifs is 1. The van der Waals surface area contributed by atoms with Crippen molar-refractivity contribution in [2.24, 2.45) is 10.3 Å². The first-order chi connectivity index (χ1) is 11.6. The van der Waals surface area contributed by atoms with Gasteiger partial charge in [-0.1, -0.05) is 23.4 Å². The molecule has 24 heavy (non-hydrogen) atoms. The quantitative estimate of drug-likeness (QED) is 0.323. The van der Waals surface area contributed by atoms with Crippen LogP contribution >= 0.6 is 0 Å². The van der Waals surface area contributed by atoms with E-state index in [1.54, 1.807) is 13.1 Å². The van der Waals surface area contributed by atoms with Gasteiger partial charge in [0.25, 0.3) is 0 Å². The first-order valence-electron chi connectivity index (χ1n) is 7.34. The SMILES string of the molecule is CCOC(=O)C(=N\O)/C(C)=N/NC(=O)Cc1c[nH]c2ccccc12. The van der Waals surface area contributed by atoms with E-state index in [0.717, 1.165) is 16.5 Å². The van der Waals surface area contributed by atoms with E-state index in [4.69, 9.17) is 9.94 Å². The van der Waals surface area contributed by atoms with E-state index in [0.29, 0.717) is 0 Å². The lowest BCUT2D eigenvalue weighted by atomic mass is 10.1. The predicted molar refractivity (Wildman–Crippen MR) is 89.1 cm³/mol. The second-order valence-corrected chi connectivity index (χ2v) is 4.94. The van der Waals surface area contributed by atoms with E-state index in [1.165, 1.54) is 6.92 Å². The number of benzene rings is 1. The van der Waals surface area contributed by atoms with Crippen LogP contribution in [0, 0.1) is 0 Å². The van der Waals surface area contributed by atoms with Crippen LogP contribution in [0.4, 0.5) is 0 Å². The van der Waals surface area contributed by atoms with E-state index in [-0.39, 0.29) is 30.4 Å². The number of nitrogens with zero attached hydrogens (tertiary/aromatic N) is 2. The van der Waals surface area contributed by atoms with Crippen LogP contribution in [0.1, 0.15) is 19.4 Å². The Morgan fingerprint density at radius 1 is 1.33 bits per heavy atom. The van der Waals surface area contributed by atoms with Crippen molar-refractivity contribution in [2.75, 3.05) is 6.61 Å². The third-order valence-corrected chi connectivity index (χ3v) is 3.29. The largest absolute Gasteiger partial charge is 0.461 e. The lowest BCUT2D eigenvalue weighted by Crippen LogP contribution is -2.28. The minimum Gasteiger partial charge on any atom is -0.461 e. The van der Waals surface area contributed by atoms with Crippen molar-refractivity contribution in [2.45, 2.75) is 20.3 Å². The standard InChI is InChI=1S/C16H18N4O4/c1-3-24-16(22)15(20-23)10(2)18-19-14(21)8-11-9-17-13-7-5-4-6-12(11)13/h4-7,9,17,23H,3,8H2,1-2H3,(H,19,21)/b18-10+,20-15-. The van der Waals surface area contributed by atoms with Crippen LogP contribution in [-0.4, -0.2) is 40.1 Å². The first kappa shape index (κ1) is 17.2. The van der Waals surface area contributed by atoms with Crippen LogP contribution in [0.25, 0.3) is 10.9 Å². The average molecular weight is 330 g/mol. The van der Waals surface area contributed by atoms with Crippen molar-refractivity contribution in [3.8, 4) is 0 Å². The van der Waals surface area contributed by atoms with Gasteiger partial charge in [0.15, 0.2) is 0 Å². The van der Waals surface area contributed by atoms with Crippen LogP contribution in [-0.2, 0) is 20.7 Å². The number of hydrogen-bond donors (Lipinski definition) is 3. The molecule has 0 aliphatic carbocycles. The molecule has 8 heteroatoms. The number of esters is 1. The molecule has 2 rings (SSSR count). The number of ether oxygens (including phenoxy) is 1. The lowest BCUT2D eigenvalue weighted by molar-refractivity contribution is -0.135. The van der Waals surface area contributed by atoms with E-state index in [1.807, 2.05) is 24.3 Å². The van der Waals surface area contributed by atoms with Crippen molar-refractivity contribution in [3.05, 3.63) is 36.0 Å². The Balaban J connectivity index is 2.03. The molecule has 1 amide bonds. The number of para-hydroxylation sites is 1. The Morgan fingerprint density at radius 2 is 2.08 bits per heavy atom. The molecule has 1 heterocycles. The van der Waals surface area contributed by atoms with Crippen molar-refractivity contribution < 1.29 is 19.5 Å². The summed E-state index contributed by atoms with van der Waals surface area (Å²) in [5.41, 5.74) is 3.79. The molecule has 0 atom stereocenters. The van der Waals surface area contributed by atoms with Crippen LogP contribution in [0.3, 0.4) is 0 Å². The molecule has 0 spiro atoms. The number of nitrogens with one attached hydrogen (secondary N) is 2. The Labute approximate surface area is 138 Å². The van der Waals surface area contributed by atoms with Gasteiger partial charge < -0.3 is 14.9 Å². The van der Waals surface area contributed by atoms with Gasteiger partial charge in [0.2, 0.25) is 11.6 Å². The topological polar surface area (TPSA) is 116 Å². The molecular weight excluding hydrogens is 312 g/mol. The molecule has 0 unspecified atom stereocenters. The van der Waals surface area contributed by atoms with Gasteiger partial charge in [-0.2, -0.15) is 5.10 Å². The maximum Gasteiger partial charge on any atom is 0.362 e. The van der Waals surface area contributed by atoms with Crippen molar-refractivity contribution in [1.82, 2.24) is 10.4 Å². The summed E-state index contributed by atoms with van der Waals surface area (Å²) < 4.78 is 4.73. The van der Waals surface area contributed by atoms with Gasteiger partial charge in [0, 0.05) is 17.1 Å². The molecule has 0 saturated heterocycles. The first-order valence-corrected chi connectivity index (χ1v) is 7.34. The number of H-pyrrole nitrogens is 1. The molecule has 0 fully saturated rings. The Morgan fingerprint density at radius 3 is 2.79 bits per heavy atom. The third kappa shape index (κ3) is 3.97. The normalized spacial score (nSPS) is 12.2. The zero-order chi connectivity index (χ0) is 17.5. The molecular formula is C16H18N4O4. The molecule has 1 aromatic carbocycles. The predicted octanol–water partition coefficient (Wildman–Crippen LogP) is 1.60. The highest BCUT2D eigenvalue weighted by atomic mass is 16.5. The summed E-state index contributed by atoms with van der Waals surface area (Å²) in [4.78, 5) is 26.7. The summed E-state index contributed by atoms with van der Waals surface area (Å²) >= 11 is 0. The van der Waals surface area contributed by atoms with Gasteiger partial charge in [-0.15, -0.1) is 0 Å². The summed E-state index contributed by atoms with van der Waals surface area (Å²) in [7, 11) is 0. The summed E-state index contributed by atoms with van der Waals surface area (Å²) in [5.74, 6) is -1.17. The number of amides is 1. The highest BCUT2D eigenvalue weighted by Gasteiger charge is 2.17. The molecule has 1 aromatic heterocycles. The Kier molecular flexibility index (Phi) is 5.67. The van der Waals surface area contributed by atoms with Crippen molar-refractivity contribution in [1.29, 1.82) is 0 Å². The molecule has 0 saturated carbocycles. The van der Waals surface area contributed by atoms with Gasteiger partial charge in [-0.05, 0) is 25.5 Å². The minimum atomic E-state index is -0.813. The van der Waals surface area contributed by atoms with Crippen molar-refractivity contribution >= 4 is 34.2 Å². The maximum atomic E-state index is 12.0. The van der Waals surface area contributed by atoms with E-state index in [9.17, 15) is 9.59 Å². The van der Waals surface area contributed by atoms with E-state index in [2.05, 4.69) is 20.7 Å². The fourth-order valence-corrected chi connectivity index (χ4v) is 2.15. The second-order valence-electron chi connectivity index (χ2n) is 4.94. The molecule has 2 aromatic rings. The number of hydrogen-bond acceptors (Lipinski definition) is 6. The van der Waals surface area contributed by atoms with Gasteiger partial charge in [-0.3, -0.25) is 4.79 Å². The second kappa shape index (κ2) is 7.91. The molecule has 8 nitrogen and oxygen atoms in total. The van der Waals surface area contributed by atoms with Crippen LogP contribution in [0.15, 0.2) is 40.7 Å². The third-order valence-electron chi connectivity index (χ3n) is 3.29. The lowest BCUT2D eigenvalue weighted by Gasteiger charge is -2.04. The summed E-state index contributed by atoms with van der Waals surface area (Å²) in [6.45, 7) is 3.19.